The summed E-state index contributed by atoms with van der Waals surface area (Å²) in [7, 11) is 0. The minimum atomic E-state index is -1.09. The minimum Gasteiger partial charge on any atom is -0.480 e. The Hall–Kier alpha value is -1.79. The van der Waals surface area contributed by atoms with E-state index in [1.807, 2.05) is 13.8 Å². The van der Waals surface area contributed by atoms with Crippen LogP contribution in [-0.2, 0) is 9.59 Å². The van der Waals surface area contributed by atoms with E-state index in [4.69, 9.17) is 5.11 Å². The van der Waals surface area contributed by atoms with E-state index >= 15 is 0 Å². The summed E-state index contributed by atoms with van der Waals surface area (Å²) in [6, 6.07) is -2.33. The number of likely N-dealkylation sites (N-methyl/N-ethyl adjacent to an activating group) is 1. The molecule has 0 saturated carbocycles. The first kappa shape index (κ1) is 17.2. The summed E-state index contributed by atoms with van der Waals surface area (Å²) in [5.41, 5.74) is 0. The molecule has 0 aromatic heterocycles. The van der Waals surface area contributed by atoms with E-state index in [1.54, 1.807) is 6.92 Å². The summed E-state index contributed by atoms with van der Waals surface area (Å²) in [6.07, 6.45) is 0.332. The van der Waals surface area contributed by atoms with Crippen molar-refractivity contribution in [1.82, 2.24) is 16.0 Å². The predicted octanol–water partition coefficient (Wildman–Crippen LogP) is 0.310. The van der Waals surface area contributed by atoms with Gasteiger partial charge in [-0.15, -0.1) is 0 Å². The first-order valence-electron chi connectivity index (χ1n) is 6.35. The predicted molar refractivity (Wildman–Crippen MR) is 70.7 cm³/mol. The summed E-state index contributed by atoms with van der Waals surface area (Å²) >= 11 is 0. The Kier molecular flexibility index (Phi) is 7.55. The van der Waals surface area contributed by atoms with Gasteiger partial charge in [0.15, 0.2) is 0 Å². The molecular formula is C12H23N3O4. The Morgan fingerprint density at radius 3 is 2.11 bits per heavy atom. The molecule has 1 unspecified atom stereocenters. The lowest BCUT2D eigenvalue weighted by molar-refractivity contribution is -0.139. The van der Waals surface area contributed by atoms with Gasteiger partial charge >= 0.3 is 12.0 Å². The van der Waals surface area contributed by atoms with E-state index in [2.05, 4.69) is 16.0 Å². The quantitative estimate of drug-likeness (QED) is 0.535. The standard InChI is InChI=1S/C12H23N3O4/c1-5-13-10(16)8(4)14-12(19)15-9(11(17)18)6-7(2)3/h7-9H,5-6H2,1-4H3,(H,13,16)(H,17,18)(H2,14,15,19)/t8?,9-/m1/s1. The van der Waals surface area contributed by atoms with Gasteiger partial charge in [0.05, 0.1) is 0 Å². The summed E-state index contributed by atoms with van der Waals surface area (Å²) < 4.78 is 0. The third kappa shape index (κ3) is 7.28. The SMILES string of the molecule is CCNC(=O)C(C)NC(=O)N[C@H](CC(C)C)C(=O)O. The lowest BCUT2D eigenvalue weighted by Gasteiger charge is -2.19. The van der Waals surface area contributed by atoms with Crippen molar-refractivity contribution in [2.45, 2.75) is 46.2 Å². The number of carboxylic acid groups (broad SMARTS) is 1. The maximum Gasteiger partial charge on any atom is 0.326 e. The van der Waals surface area contributed by atoms with Crippen molar-refractivity contribution in [2.24, 2.45) is 5.92 Å². The van der Waals surface area contributed by atoms with Gasteiger partial charge in [0.1, 0.15) is 12.1 Å². The van der Waals surface area contributed by atoms with E-state index in [1.165, 1.54) is 6.92 Å². The van der Waals surface area contributed by atoms with Crippen molar-refractivity contribution in [3.8, 4) is 0 Å². The van der Waals surface area contributed by atoms with Gasteiger partial charge in [-0.05, 0) is 26.2 Å². The molecule has 0 aliphatic heterocycles. The van der Waals surface area contributed by atoms with Crippen molar-refractivity contribution < 1.29 is 19.5 Å². The Morgan fingerprint density at radius 1 is 1.11 bits per heavy atom. The van der Waals surface area contributed by atoms with Crippen molar-refractivity contribution in [2.75, 3.05) is 6.54 Å². The molecule has 0 rings (SSSR count). The van der Waals surface area contributed by atoms with Crippen LogP contribution in [0.3, 0.4) is 0 Å². The maximum atomic E-state index is 11.6. The minimum absolute atomic E-state index is 0.141. The van der Waals surface area contributed by atoms with Gasteiger partial charge in [-0.25, -0.2) is 9.59 Å². The molecule has 7 nitrogen and oxygen atoms in total. The fourth-order valence-electron chi connectivity index (χ4n) is 1.48. The number of amides is 3. The third-order valence-corrected chi connectivity index (χ3v) is 2.40. The molecule has 0 bridgehead atoms. The molecule has 0 fully saturated rings. The van der Waals surface area contributed by atoms with E-state index in [0.717, 1.165) is 0 Å². The molecule has 0 aromatic carbocycles. The van der Waals surface area contributed by atoms with Gasteiger partial charge in [-0.3, -0.25) is 4.79 Å². The van der Waals surface area contributed by atoms with Crippen molar-refractivity contribution in [3.63, 3.8) is 0 Å². The van der Waals surface area contributed by atoms with Gasteiger partial charge < -0.3 is 21.1 Å². The first-order chi connectivity index (χ1) is 8.77. The second-order valence-corrected chi connectivity index (χ2v) is 4.75. The van der Waals surface area contributed by atoms with E-state index < -0.39 is 24.1 Å². The Balaban J connectivity index is 4.34. The first-order valence-corrected chi connectivity index (χ1v) is 6.35. The number of aliphatic carboxylic acids is 1. The lowest BCUT2D eigenvalue weighted by Crippen LogP contribution is -2.52. The molecule has 0 heterocycles. The highest BCUT2D eigenvalue weighted by Gasteiger charge is 2.22. The molecule has 0 aliphatic carbocycles. The topological polar surface area (TPSA) is 108 Å². The van der Waals surface area contributed by atoms with Gasteiger partial charge in [0, 0.05) is 6.54 Å². The van der Waals surface area contributed by atoms with Crippen LogP contribution < -0.4 is 16.0 Å². The van der Waals surface area contributed by atoms with Crippen LogP contribution in [0.15, 0.2) is 0 Å². The fraction of sp³-hybridized carbons (Fsp3) is 0.750. The monoisotopic (exact) mass is 273 g/mol. The number of carbonyl (C=O) groups excluding carboxylic acids is 2. The van der Waals surface area contributed by atoms with Crippen molar-refractivity contribution in [1.29, 1.82) is 0 Å². The number of rotatable bonds is 7. The van der Waals surface area contributed by atoms with Crippen molar-refractivity contribution >= 4 is 17.9 Å². The highest BCUT2D eigenvalue weighted by molar-refractivity contribution is 5.88. The van der Waals surface area contributed by atoms with Crippen LogP contribution in [0.25, 0.3) is 0 Å². The second-order valence-electron chi connectivity index (χ2n) is 4.75. The molecular weight excluding hydrogens is 250 g/mol. The van der Waals surface area contributed by atoms with Crippen LogP contribution in [0.1, 0.15) is 34.1 Å². The number of carboxylic acids is 1. The normalized spacial score (nSPS) is 13.5. The van der Waals surface area contributed by atoms with Crippen molar-refractivity contribution in [3.05, 3.63) is 0 Å². The average Bonchev–Trinajstić information content (AvgIpc) is 2.27. The lowest BCUT2D eigenvalue weighted by atomic mass is 10.0. The molecule has 7 heteroatoms. The molecule has 2 atom stereocenters. The van der Waals surface area contributed by atoms with Crippen LogP contribution >= 0.6 is 0 Å². The van der Waals surface area contributed by atoms with Gasteiger partial charge in [0.25, 0.3) is 0 Å². The number of urea groups is 1. The van der Waals surface area contributed by atoms with E-state index in [-0.39, 0.29) is 11.8 Å². The zero-order valence-electron chi connectivity index (χ0n) is 11.8. The molecule has 0 saturated heterocycles. The summed E-state index contributed by atoms with van der Waals surface area (Å²) in [4.78, 5) is 34.0. The van der Waals surface area contributed by atoms with Gasteiger partial charge in [-0.2, -0.15) is 0 Å². The largest absolute Gasteiger partial charge is 0.480 e. The Morgan fingerprint density at radius 2 is 1.68 bits per heavy atom. The molecule has 19 heavy (non-hydrogen) atoms. The highest BCUT2D eigenvalue weighted by Crippen LogP contribution is 2.04. The van der Waals surface area contributed by atoms with Crippen LogP contribution in [0.2, 0.25) is 0 Å². The van der Waals surface area contributed by atoms with Crippen LogP contribution in [0.5, 0.6) is 0 Å². The summed E-state index contributed by atoms with van der Waals surface area (Å²) in [5, 5.41) is 16.3. The molecule has 3 amide bonds. The number of nitrogens with one attached hydrogen (secondary N) is 3. The van der Waals surface area contributed by atoms with Crippen LogP contribution in [0.4, 0.5) is 4.79 Å². The summed E-state index contributed by atoms with van der Waals surface area (Å²) in [5.74, 6) is -1.26. The molecule has 0 spiro atoms. The Bertz CT molecular complexity index is 331. The smallest absolute Gasteiger partial charge is 0.326 e. The Labute approximate surface area is 113 Å². The van der Waals surface area contributed by atoms with Crippen LogP contribution in [-0.4, -0.2) is 41.6 Å². The molecule has 110 valence electrons. The average molecular weight is 273 g/mol. The molecule has 4 N–H and O–H groups in total. The number of hydrogen-bond donors (Lipinski definition) is 4. The molecule has 0 radical (unpaired) electrons. The van der Waals surface area contributed by atoms with Gasteiger partial charge in [-0.1, -0.05) is 13.8 Å². The zero-order valence-corrected chi connectivity index (χ0v) is 11.8. The molecule has 0 aromatic rings. The van der Waals surface area contributed by atoms with E-state index in [9.17, 15) is 14.4 Å². The van der Waals surface area contributed by atoms with E-state index in [0.29, 0.717) is 13.0 Å². The molecule has 0 aliphatic rings. The zero-order chi connectivity index (χ0) is 15.0. The van der Waals surface area contributed by atoms with Crippen LogP contribution in [0, 0.1) is 5.92 Å². The second kappa shape index (κ2) is 8.34. The number of hydrogen-bond acceptors (Lipinski definition) is 3. The maximum absolute atomic E-state index is 11.6. The summed E-state index contributed by atoms with van der Waals surface area (Å²) in [6.45, 7) is 7.51. The highest BCUT2D eigenvalue weighted by atomic mass is 16.4. The fourth-order valence-corrected chi connectivity index (χ4v) is 1.48. The number of carbonyl (C=O) groups is 3. The van der Waals surface area contributed by atoms with Gasteiger partial charge in [0.2, 0.25) is 5.91 Å². The third-order valence-electron chi connectivity index (χ3n) is 2.40.